The van der Waals surface area contributed by atoms with Crippen LogP contribution in [0.5, 0.6) is 0 Å². The zero-order valence-corrected chi connectivity index (χ0v) is 11.5. The van der Waals surface area contributed by atoms with Crippen LogP contribution in [0.15, 0.2) is 18.2 Å². The molecule has 5 nitrogen and oxygen atoms in total. The Labute approximate surface area is 121 Å². The van der Waals surface area contributed by atoms with Crippen LogP contribution in [-0.4, -0.2) is 61.4 Å². The van der Waals surface area contributed by atoms with Gasteiger partial charge in [0.2, 0.25) is 0 Å². The Balaban J connectivity index is 1.81. The lowest BCUT2D eigenvalue weighted by Crippen LogP contribution is -2.44. The lowest BCUT2D eigenvalue weighted by atomic mass is 10.2. The molecule has 0 radical (unpaired) electrons. The number of benzene rings is 1. The third-order valence-electron chi connectivity index (χ3n) is 3.24. The number of carbonyl (C=O) groups excluding carboxylic acids is 1. The Kier molecular flexibility index (Phi) is 5.60. The van der Waals surface area contributed by atoms with E-state index < -0.39 is 23.6 Å². The molecule has 1 amide bonds. The number of ether oxygens (including phenoxy) is 1. The minimum Gasteiger partial charge on any atom is -0.390 e. The topological polar surface area (TPSA) is 61.8 Å². The highest BCUT2D eigenvalue weighted by atomic mass is 19.1. The fraction of sp³-hybridized carbons (Fsp3) is 0.500. The van der Waals surface area contributed by atoms with Gasteiger partial charge in [-0.05, 0) is 18.2 Å². The SMILES string of the molecule is O=C(NCC(O)CN1CCOCC1)c1cc(F)ccc1F. The molecule has 1 atom stereocenters. The number of nitrogens with one attached hydrogen (secondary N) is 1. The first-order valence-electron chi connectivity index (χ1n) is 6.77. The standard InChI is InChI=1S/C14H18F2N2O3/c15-10-1-2-13(16)12(7-10)14(20)17-8-11(19)9-18-3-5-21-6-4-18/h1-2,7,11,19H,3-6,8-9H2,(H,17,20). The Hall–Kier alpha value is -1.57. The van der Waals surface area contributed by atoms with E-state index in [1.165, 1.54) is 0 Å². The number of carbonyl (C=O) groups is 1. The van der Waals surface area contributed by atoms with Gasteiger partial charge in [0.05, 0.1) is 24.9 Å². The van der Waals surface area contributed by atoms with Gasteiger partial charge < -0.3 is 15.2 Å². The van der Waals surface area contributed by atoms with Crippen LogP contribution < -0.4 is 5.32 Å². The smallest absolute Gasteiger partial charge is 0.254 e. The molecule has 0 bridgehead atoms. The van der Waals surface area contributed by atoms with Crippen molar-refractivity contribution < 1.29 is 23.4 Å². The summed E-state index contributed by atoms with van der Waals surface area (Å²) in [6, 6.07) is 2.67. The Morgan fingerprint density at radius 1 is 1.38 bits per heavy atom. The molecule has 1 aliphatic heterocycles. The third-order valence-corrected chi connectivity index (χ3v) is 3.24. The van der Waals surface area contributed by atoms with Crippen molar-refractivity contribution in [1.29, 1.82) is 0 Å². The number of hydrogen-bond donors (Lipinski definition) is 2. The lowest BCUT2D eigenvalue weighted by Gasteiger charge is -2.28. The number of β-amino-alcohol motifs (C(OH)–C–C–N with tert-alkyl or cyclic N) is 1. The summed E-state index contributed by atoms with van der Waals surface area (Å²) < 4.78 is 31.6. The largest absolute Gasteiger partial charge is 0.390 e. The maximum Gasteiger partial charge on any atom is 0.254 e. The second-order valence-electron chi connectivity index (χ2n) is 4.90. The monoisotopic (exact) mass is 300 g/mol. The first-order valence-corrected chi connectivity index (χ1v) is 6.77. The van der Waals surface area contributed by atoms with Crippen LogP contribution in [0.2, 0.25) is 0 Å². The summed E-state index contributed by atoms with van der Waals surface area (Å²) in [5, 5.41) is 12.3. The molecule has 1 aliphatic rings. The molecule has 1 aromatic rings. The lowest BCUT2D eigenvalue weighted by molar-refractivity contribution is 0.0149. The number of aliphatic hydroxyl groups excluding tert-OH is 1. The predicted molar refractivity (Wildman–Crippen MR) is 72.0 cm³/mol. The number of morpholine rings is 1. The van der Waals surface area contributed by atoms with Gasteiger partial charge in [0.1, 0.15) is 11.6 Å². The van der Waals surface area contributed by atoms with Crippen LogP contribution in [0.1, 0.15) is 10.4 Å². The second-order valence-corrected chi connectivity index (χ2v) is 4.90. The Bertz CT molecular complexity index is 493. The number of hydrogen-bond acceptors (Lipinski definition) is 4. The molecule has 21 heavy (non-hydrogen) atoms. The third kappa shape index (κ3) is 4.73. The molecule has 1 unspecified atom stereocenters. The van der Waals surface area contributed by atoms with Gasteiger partial charge in [-0.3, -0.25) is 9.69 Å². The minimum atomic E-state index is -0.795. The van der Waals surface area contributed by atoms with Crippen LogP contribution in [0.3, 0.4) is 0 Å². The Morgan fingerprint density at radius 3 is 2.81 bits per heavy atom. The Morgan fingerprint density at radius 2 is 2.10 bits per heavy atom. The van der Waals surface area contributed by atoms with E-state index in [0.717, 1.165) is 31.3 Å². The van der Waals surface area contributed by atoms with Gasteiger partial charge in [-0.25, -0.2) is 8.78 Å². The van der Waals surface area contributed by atoms with Crippen molar-refractivity contribution in [1.82, 2.24) is 10.2 Å². The summed E-state index contributed by atoms with van der Waals surface area (Å²) in [4.78, 5) is 13.8. The van der Waals surface area contributed by atoms with Crippen LogP contribution in [0.4, 0.5) is 8.78 Å². The van der Waals surface area contributed by atoms with E-state index in [1.807, 2.05) is 4.90 Å². The van der Waals surface area contributed by atoms with Gasteiger partial charge in [0.25, 0.3) is 5.91 Å². The van der Waals surface area contributed by atoms with Crippen molar-refractivity contribution in [2.75, 3.05) is 39.4 Å². The van der Waals surface area contributed by atoms with Crippen LogP contribution >= 0.6 is 0 Å². The maximum atomic E-state index is 13.4. The average molecular weight is 300 g/mol. The molecule has 1 aromatic carbocycles. The highest BCUT2D eigenvalue weighted by Crippen LogP contribution is 2.09. The first kappa shape index (κ1) is 15.8. The van der Waals surface area contributed by atoms with E-state index in [9.17, 15) is 18.7 Å². The molecule has 1 heterocycles. The van der Waals surface area contributed by atoms with E-state index in [1.54, 1.807) is 0 Å². The van der Waals surface area contributed by atoms with E-state index in [-0.39, 0.29) is 12.1 Å². The summed E-state index contributed by atoms with van der Waals surface area (Å²) in [6.45, 7) is 3.07. The molecule has 0 aromatic heterocycles. The molecule has 0 saturated carbocycles. The average Bonchev–Trinajstić information content (AvgIpc) is 2.48. The summed E-state index contributed by atoms with van der Waals surface area (Å²) in [7, 11) is 0. The fourth-order valence-electron chi connectivity index (χ4n) is 2.12. The zero-order chi connectivity index (χ0) is 15.2. The van der Waals surface area contributed by atoms with Crippen LogP contribution in [0.25, 0.3) is 0 Å². The summed E-state index contributed by atoms with van der Waals surface area (Å²) in [5.74, 6) is -2.22. The molecule has 2 N–H and O–H groups in total. The number of nitrogens with zero attached hydrogens (tertiary/aromatic N) is 1. The van der Waals surface area contributed by atoms with Crippen molar-refractivity contribution in [2.24, 2.45) is 0 Å². The van der Waals surface area contributed by atoms with Crippen molar-refractivity contribution in [3.05, 3.63) is 35.4 Å². The highest BCUT2D eigenvalue weighted by molar-refractivity contribution is 5.94. The molecule has 2 rings (SSSR count). The predicted octanol–water partition coefficient (Wildman–Crippen LogP) is 0.388. The van der Waals surface area contributed by atoms with Gasteiger partial charge in [-0.15, -0.1) is 0 Å². The van der Waals surface area contributed by atoms with E-state index in [2.05, 4.69) is 5.32 Å². The molecular weight excluding hydrogens is 282 g/mol. The van der Waals surface area contributed by atoms with Gasteiger partial charge in [-0.1, -0.05) is 0 Å². The summed E-state index contributed by atoms with van der Waals surface area (Å²) >= 11 is 0. The van der Waals surface area contributed by atoms with E-state index >= 15 is 0 Å². The van der Waals surface area contributed by atoms with Crippen LogP contribution in [0, 0.1) is 11.6 Å². The second kappa shape index (κ2) is 7.44. The number of halogens is 2. The zero-order valence-electron chi connectivity index (χ0n) is 11.5. The summed E-state index contributed by atoms with van der Waals surface area (Å²) in [5.41, 5.74) is -0.367. The van der Waals surface area contributed by atoms with E-state index in [4.69, 9.17) is 4.74 Å². The van der Waals surface area contributed by atoms with Crippen molar-refractivity contribution in [3.63, 3.8) is 0 Å². The van der Waals surface area contributed by atoms with Gasteiger partial charge in [-0.2, -0.15) is 0 Å². The first-order chi connectivity index (χ1) is 10.1. The van der Waals surface area contributed by atoms with Gasteiger partial charge >= 0.3 is 0 Å². The molecule has 116 valence electrons. The van der Waals surface area contributed by atoms with Gasteiger partial charge in [0.15, 0.2) is 0 Å². The molecular formula is C14H18F2N2O3. The van der Waals surface area contributed by atoms with Crippen molar-refractivity contribution in [2.45, 2.75) is 6.10 Å². The molecule has 0 aliphatic carbocycles. The number of amides is 1. The maximum absolute atomic E-state index is 13.4. The molecule has 0 spiro atoms. The summed E-state index contributed by atoms with van der Waals surface area (Å²) in [6.07, 6.45) is -0.774. The molecule has 1 saturated heterocycles. The minimum absolute atomic E-state index is 0.0217. The van der Waals surface area contributed by atoms with Crippen LogP contribution in [-0.2, 0) is 4.74 Å². The number of rotatable bonds is 5. The van der Waals surface area contributed by atoms with Crippen molar-refractivity contribution in [3.8, 4) is 0 Å². The van der Waals surface area contributed by atoms with Crippen molar-refractivity contribution >= 4 is 5.91 Å². The van der Waals surface area contributed by atoms with E-state index in [0.29, 0.717) is 19.8 Å². The number of aliphatic hydroxyl groups is 1. The highest BCUT2D eigenvalue weighted by Gasteiger charge is 2.17. The molecule has 7 heteroatoms. The van der Waals surface area contributed by atoms with Gasteiger partial charge in [0, 0.05) is 26.2 Å². The normalized spacial score (nSPS) is 17.5. The quantitative estimate of drug-likeness (QED) is 0.826. The fourth-order valence-corrected chi connectivity index (χ4v) is 2.12. The molecule has 1 fully saturated rings.